The molecule has 2 heterocycles. The predicted octanol–water partition coefficient (Wildman–Crippen LogP) is -1.68. The molecule has 0 aliphatic carbocycles. The Morgan fingerprint density at radius 3 is 2.95 bits per heavy atom. The first kappa shape index (κ1) is 15.4. The molecular formula is C11H7KN2O3S2. The van der Waals surface area contributed by atoms with Gasteiger partial charge in [0.15, 0.2) is 6.04 Å². The maximum absolute atomic E-state index is 11.2. The van der Waals surface area contributed by atoms with Gasteiger partial charge in [0, 0.05) is 5.75 Å². The van der Waals surface area contributed by atoms with E-state index in [-0.39, 0.29) is 57.1 Å². The summed E-state index contributed by atoms with van der Waals surface area (Å²) in [5, 5.41) is 21.4. The average Bonchev–Trinajstić information content (AvgIpc) is 2.93. The van der Waals surface area contributed by atoms with E-state index in [0.29, 0.717) is 15.8 Å². The van der Waals surface area contributed by atoms with Gasteiger partial charge in [0.2, 0.25) is 0 Å². The first-order chi connectivity index (χ1) is 8.63. The summed E-state index contributed by atoms with van der Waals surface area (Å²) < 4.78 is 0.805. The van der Waals surface area contributed by atoms with Gasteiger partial charge in [0.1, 0.15) is 10.1 Å². The number of benzene rings is 1. The second-order valence-corrected chi connectivity index (χ2v) is 5.79. The number of aliphatic imine (C=N–C) groups is 1. The Morgan fingerprint density at radius 1 is 1.47 bits per heavy atom. The number of carboxylic acid groups (broad SMARTS) is 1. The van der Waals surface area contributed by atoms with Crippen molar-refractivity contribution in [2.45, 2.75) is 6.04 Å². The number of aromatic nitrogens is 1. The number of hydrogen-bond donors (Lipinski definition) is 1. The van der Waals surface area contributed by atoms with E-state index in [1.807, 2.05) is 0 Å². The summed E-state index contributed by atoms with van der Waals surface area (Å²) in [7, 11) is 0. The maximum atomic E-state index is 11.2. The van der Waals surface area contributed by atoms with Crippen molar-refractivity contribution in [3.63, 3.8) is 0 Å². The van der Waals surface area contributed by atoms with E-state index in [4.69, 9.17) is 5.11 Å². The zero-order chi connectivity index (χ0) is 12.7. The van der Waals surface area contributed by atoms with Gasteiger partial charge in [-0.3, -0.25) is 4.99 Å². The summed E-state index contributed by atoms with van der Waals surface area (Å²) in [6.45, 7) is 0. The molecule has 0 bridgehead atoms. The Morgan fingerprint density at radius 2 is 2.26 bits per heavy atom. The van der Waals surface area contributed by atoms with E-state index in [9.17, 15) is 9.90 Å². The van der Waals surface area contributed by atoms with Gasteiger partial charge >= 0.3 is 57.4 Å². The third-order valence-electron chi connectivity index (χ3n) is 2.48. The zero-order valence-corrected chi connectivity index (χ0v) is 14.7. The number of aliphatic carboxylic acids is 1. The molecule has 1 N–H and O–H groups in total. The molecule has 0 amide bonds. The minimum absolute atomic E-state index is 0. The first-order valence-corrected chi connectivity index (χ1v) is 6.95. The number of nitrogens with zero attached hydrogens (tertiary/aromatic N) is 2. The Kier molecular flexibility index (Phi) is 5.04. The van der Waals surface area contributed by atoms with Gasteiger partial charge in [-0.25, -0.2) is 9.78 Å². The molecule has 0 fully saturated rings. The summed E-state index contributed by atoms with van der Waals surface area (Å²) >= 11 is 2.76. The molecule has 1 aromatic carbocycles. The monoisotopic (exact) mass is 318 g/mol. The molecule has 0 saturated carbocycles. The number of rotatable bonds is 2. The number of hydrogen-bond acceptors (Lipinski definition) is 6. The minimum Gasteiger partial charge on any atom is -0.872 e. The van der Waals surface area contributed by atoms with E-state index < -0.39 is 12.0 Å². The van der Waals surface area contributed by atoms with Crippen molar-refractivity contribution in [3.8, 4) is 5.75 Å². The van der Waals surface area contributed by atoms with Crippen LogP contribution < -0.4 is 56.5 Å². The van der Waals surface area contributed by atoms with Crippen LogP contribution >= 0.6 is 23.1 Å². The molecule has 0 radical (unpaired) electrons. The Labute approximate surface area is 159 Å². The summed E-state index contributed by atoms with van der Waals surface area (Å²) in [5.74, 6) is -0.532. The molecule has 5 nitrogen and oxygen atoms in total. The third-order valence-corrected chi connectivity index (χ3v) is 4.69. The van der Waals surface area contributed by atoms with Crippen LogP contribution in [0, 0.1) is 0 Å². The normalized spacial score (nSPS) is 18.1. The molecule has 8 heteroatoms. The van der Waals surface area contributed by atoms with Crippen molar-refractivity contribution >= 4 is 44.3 Å². The quantitative estimate of drug-likeness (QED) is 0.669. The van der Waals surface area contributed by atoms with Crippen LogP contribution in [-0.4, -0.2) is 32.9 Å². The molecule has 92 valence electrons. The Bertz CT molecular complexity index is 671. The number of thiazole rings is 1. The van der Waals surface area contributed by atoms with Gasteiger partial charge in [0.05, 0.1) is 10.2 Å². The maximum Gasteiger partial charge on any atom is 1.00 e. The van der Waals surface area contributed by atoms with Crippen LogP contribution in [0.4, 0.5) is 0 Å². The fraction of sp³-hybridized carbons (Fsp3) is 0.182. The van der Waals surface area contributed by atoms with Crippen molar-refractivity contribution < 1.29 is 66.4 Å². The molecule has 1 atom stereocenters. The van der Waals surface area contributed by atoms with Crippen LogP contribution in [0.3, 0.4) is 0 Å². The van der Waals surface area contributed by atoms with Gasteiger partial charge in [-0.1, -0.05) is 12.1 Å². The zero-order valence-electron chi connectivity index (χ0n) is 9.99. The number of carbonyl (C=O) groups is 1. The van der Waals surface area contributed by atoms with E-state index in [0.717, 1.165) is 10.2 Å². The molecule has 1 unspecified atom stereocenters. The first-order valence-electron chi connectivity index (χ1n) is 5.15. The SMILES string of the molecule is O=C(O)C1CSC(c2nc3ccc([O-])cc3s2)=N1.[K+]. The van der Waals surface area contributed by atoms with Crippen molar-refractivity contribution in [1.29, 1.82) is 0 Å². The number of thioether (sulfide) groups is 1. The van der Waals surface area contributed by atoms with Gasteiger partial charge in [-0.2, -0.15) is 0 Å². The van der Waals surface area contributed by atoms with Gasteiger partial charge < -0.3 is 10.2 Å². The standard InChI is InChI=1S/C11H8N2O3S2.K/c14-5-1-2-6-8(3-5)18-10(12-6)9-13-7(4-17-9)11(15)16;/h1-3,7,14H,4H2,(H,15,16);/q;+1/p-1. The van der Waals surface area contributed by atoms with Crippen LogP contribution in [0.2, 0.25) is 0 Å². The molecule has 1 aliphatic heterocycles. The molecule has 0 spiro atoms. The van der Waals surface area contributed by atoms with Gasteiger partial charge in [0.25, 0.3) is 0 Å². The van der Waals surface area contributed by atoms with Crippen LogP contribution in [0.15, 0.2) is 23.2 Å². The molecular weight excluding hydrogens is 311 g/mol. The Hall–Kier alpha value is 0.0364. The molecule has 19 heavy (non-hydrogen) atoms. The predicted molar refractivity (Wildman–Crippen MR) is 69.5 cm³/mol. The number of carboxylic acids is 1. The second kappa shape index (κ2) is 6.21. The molecule has 1 aliphatic rings. The van der Waals surface area contributed by atoms with Crippen LogP contribution in [0.1, 0.15) is 5.01 Å². The topological polar surface area (TPSA) is 85.6 Å². The second-order valence-electron chi connectivity index (χ2n) is 3.75. The summed E-state index contributed by atoms with van der Waals surface area (Å²) in [6.07, 6.45) is 0. The fourth-order valence-electron chi connectivity index (χ4n) is 1.61. The van der Waals surface area contributed by atoms with E-state index in [2.05, 4.69) is 9.98 Å². The van der Waals surface area contributed by atoms with Gasteiger partial charge in [-0.05, 0) is 6.07 Å². The van der Waals surface area contributed by atoms with Crippen LogP contribution in [0.5, 0.6) is 5.75 Å². The van der Waals surface area contributed by atoms with Crippen molar-refractivity contribution in [1.82, 2.24) is 4.98 Å². The van der Waals surface area contributed by atoms with Gasteiger partial charge in [-0.15, -0.1) is 28.8 Å². The van der Waals surface area contributed by atoms with E-state index in [1.54, 1.807) is 6.07 Å². The summed E-state index contributed by atoms with van der Waals surface area (Å²) in [6, 6.07) is 3.99. The Balaban J connectivity index is 0.00000133. The van der Waals surface area contributed by atoms with Crippen molar-refractivity contribution in [3.05, 3.63) is 23.2 Å². The molecule has 0 saturated heterocycles. The largest absolute Gasteiger partial charge is 1.00 e. The summed E-state index contributed by atoms with van der Waals surface area (Å²) in [5.41, 5.74) is 0.747. The smallest absolute Gasteiger partial charge is 0.872 e. The molecule has 2 aromatic rings. The van der Waals surface area contributed by atoms with Crippen molar-refractivity contribution in [2.24, 2.45) is 4.99 Å². The number of fused-ring (bicyclic) bond motifs is 1. The van der Waals surface area contributed by atoms with Crippen LogP contribution in [-0.2, 0) is 4.79 Å². The molecule has 1 aromatic heterocycles. The van der Waals surface area contributed by atoms with E-state index >= 15 is 0 Å². The fourth-order valence-corrected chi connectivity index (χ4v) is 3.70. The van der Waals surface area contributed by atoms with Crippen LogP contribution in [0.25, 0.3) is 10.2 Å². The average molecular weight is 318 g/mol. The van der Waals surface area contributed by atoms with E-state index in [1.165, 1.54) is 35.2 Å². The van der Waals surface area contributed by atoms with Crippen molar-refractivity contribution in [2.75, 3.05) is 5.75 Å². The minimum atomic E-state index is -0.916. The molecule has 3 rings (SSSR count). The summed E-state index contributed by atoms with van der Waals surface area (Å²) in [4.78, 5) is 19.3. The third kappa shape index (κ3) is 3.21.